The minimum absolute atomic E-state index is 0.0713. The zero-order chi connectivity index (χ0) is 17.9. The van der Waals surface area contributed by atoms with E-state index in [1.807, 2.05) is 0 Å². The van der Waals surface area contributed by atoms with E-state index in [-0.39, 0.29) is 5.75 Å². The van der Waals surface area contributed by atoms with Gasteiger partial charge in [-0.1, -0.05) is 12.1 Å². The molecule has 2 rings (SSSR count). The van der Waals surface area contributed by atoms with Gasteiger partial charge in [-0.15, -0.1) is 0 Å². The highest BCUT2D eigenvalue weighted by Crippen LogP contribution is 2.31. The van der Waals surface area contributed by atoms with E-state index >= 15 is 0 Å². The average Bonchev–Trinajstić information content (AvgIpc) is 2.51. The Labute approximate surface area is 137 Å². The second-order valence-electron chi connectivity index (χ2n) is 5.70. The Kier molecular flexibility index (Phi) is 5.23. The van der Waals surface area contributed by atoms with Gasteiger partial charge in [-0.25, -0.2) is 9.59 Å². The van der Waals surface area contributed by atoms with Gasteiger partial charge in [0.1, 0.15) is 18.0 Å². The van der Waals surface area contributed by atoms with Gasteiger partial charge in [0.05, 0.1) is 6.10 Å². The third kappa shape index (κ3) is 4.10. The molecule has 1 aromatic carbocycles. The Hall–Kier alpha value is -2.42. The number of aliphatic hydroxyl groups is 3. The number of aliphatic carboxylic acids is 1. The maximum atomic E-state index is 11.8. The lowest BCUT2D eigenvalue weighted by molar-refractivity contribution is -0.196. The van der Waals surface area contributed by atoms with E-state index in [2.05, 4.69) is 0 Å². The number of phenolic OH excluding ortho intramolecular Hbond substituents is 1. The smallest absolute Gasteiger partial charge is 0.335 e. The summed E-state index contributed by atoms with van der Waals surface area (Å²) in [5, 5.41) is 47.6. The fourth-order valence-electron chi connectivity index (χ4n) is 2.48. The fraction of sp³-hybridized carbons (Fsp3) is 0.375. The highest BCUT2D eigenvalue weighted by molar-refractivity contribution is 5.87. The summed E-state index contributed by atoms with van der Waals surface area (Å²) in [6.07, 6.45) is -3.00. The number of esters is 1. The number of benzene rings is 1. The Morgan fingerprint density at radius 2 is 1.79 bits per heavy atom. The minimum Gasteiger partial charge on any atom is -0.508 e. The zero-order valence-electron chi connectivity index (χ0n) is 12.6. The van der Waals surface area contributed by atoms with Crippen molar-refractivity contribution in [1.29, 1.82) is 0 Å². The Morgan fingerprint density at radius 1 is 1.17 bits per heavy atom. The molecule has 0 unspecified atom stereocenters. The van der Waals surface area contributed by atoms with Crippen LogP contribution >= 0.6 is 0 Å². The molecule has 0 aliphatic heterocycles. The number of aromatic hydroxyl groups is 1. The molecule has 8 nitrogen and oxygen atoms in total. The topological polar surface area (TPSA) is 145 Å². The number of hydrogen-bond donors (Lipinski definition) is 5. The largest absolute Gasteiger partial charge is 0.508 e. The van der Waals surface area contributed by atoms with E-state index < -0.39 is 48.7 Å². The van der Waals surface area contributed by atoms with Crippen molar-refractivity contribution >= 4 is 18.0 Å². The second kappa shape index (κ2) is 7.00. The summed E-state index contributed by atoms with van der Waals surface area (Å²) in [4.78, 5) is 22.9. The van der Waals surface area contributed by atoms with E-state index in [0.29, 0.717) is 5.56 Å². The average molecular weight is 338 g/mol. The van der Waals surface area contributed by atoms with Gasteiger partial charge in [-0.05, 0) is 23.8 Å². The van der Waals surface area contributed by atoms with E-state index in [9.17, 15) is 24.9 Å². The SMILES string of the molecule is O=C(/C=C/c1ccc(O)cc1)O[C@H]1C[C@@](O)(C(=O)O)C[C@H](O)[C@H]1O. The quantitative estimate of drug-likeness (QED) is 0.370. The van der Waals surface area contributed by atoms with Crippen LogP contribution in [0.15, 0.2) is 30.3 Å². The first-order chi connectivity index (χ1) is 11.2. The molecule has 1 aliphatic carbocycles. The van der Waals surface area contributed by atoms with Gasteiger partial charge in [-0.2, -0.15) is 0 Å². The Morgan fingerprint density at radius 3 is 2.38 bits per heavy atom. The highest BCUT2D eigenvalue weighted by atomic mass is 16.6. The van der Waals surface area contributed by atoms with Gasteiger partial charge in [0.2, 0.25) is 0 Å². The number of carboxylic acid groups (broad SMARTS) is 1. The van der Waals surface area contributed by atoms with Crippen LogP contribution in [0, 0.1) is 0 Å². The van der Waals surface area contributed by atoms with Crippen LogP contribution in [0.2, 0.25) is 0 Å². The molecule has 8 heteroatoms. The van der Waals surface area contributed by atoms with Crippen molar-refractivity contribution < 1.29 is 39.9 Å². The summed E-state index contributed by atoms with van der Waals surface area (Å²) in [6, 6.07) is 5.97. The molecule has 0 spiro atoms. The van der Waals surface area contributed by atoms with Crippen molar-refractivity contribution in [1.82, 2.24) is 0 Å². The van der Waals surface area contributed by atoms with Gasteiger partial charge in [0.15, 0.2) is 5.60 Å². The summed E-state index contributed by atoms with van der Waals surface area (Å²) >= 11 is 0. The summed E-state index contributed by atoms with van der Waals surface area (Å²) in [5.74, 6) is -2.36. The van der Waals surface area contributed by atoms with Crippen LogP contribution in [-0.2, 0) is 14.3 Å². The second-order valence-corrected chi connectivity index (χ2v) is 5.70. The van der Waals surface area contributed by atoms with E-state index in [4.69, 9.17) is 14.9 Å². The number of rotatable bonds is 4. The first-order valence-corrected chi connectivity index (χ1v) is 7.21. The molecule has 0 radical (unpaired) electrons. The van der Waals surface area contributed by atoms with Crippen LogP contribution < -0.4 is 0 Å². The molecular weight excluding hydrogens is 320 g/mol. The summed E-state index contributed by atoms with van der Waals surface area (Å²) in [7, 11) is 0. The summed E-state index contributed by atoms with van der Waals surface area (Å²) in [5.41, 5.74) is -1.67. The number of phenols is 1. The maximum absolute atomic E-state index is 11.8. The fourth-order valence-corrected chi connectivity index (χ4v) is 2.48. The Bertz CT molecular complexity index is 638. The molecule has 1 aromatic rings. The van der Waals surface area contributed by atoms with Crippen LogP contribution in [0.3, 0.4) is 0 Å². The number of carbonyl (C=O) groups is 2. The molecule has 1 fully saturated rings. The predicted octanol–water partition coefficient (Wildman–Crippen LogP) is -0.352. The molecule has 130 valence electrons. The number of hydrogen-bond acceptors (Lipinski definition) is 7. The maximum Gasteiger partial charge on any atom is 0.335 e. The molecule has 1 saturated carbocycles. The van der Waals surface area contributed by atoms with E-state index in [1.165, 1.54) is 18.2 Å². The molecule has 0 saturated heterocycles. The van der Waals surface area contributed by atoms with Crippen LogP contribution in [0.4, 0.5) is 0 Å². The van der Waals surface area contributed by atoms with Crippen molar-refractivity contribution in [2.75, 3.05) is 0 Å². The van der Waals surface area contributed by atoms with Crippen LogP contribution in [0.1, 0.15) is 18.4 Å². The van der Waals surface area contributed by atoms with Gasteiger partial charge >= 0.3 is 11.9 Å². The number of aliphatic hydroxyl groups excluding tert-OH is 2. The van der Waals surface area contributed by atoms with Crippen molar-refractivity contribution in [2.24, 2.45) is 0 Å². The lowest BCUT2D eigenvalue weighted by Crippen LogP contribution is -2.57. The van der Waals surface area contributed by atoms with Crippen molar-refractivity contribution in [2.45, 2.75) is 36.8 Å². The van der Waals surface area contributed by atoms with Gasteiger partial charge in [-0.3, -0.25) is 0 Å². The molecule has 4 atom stereocenters. The van der Waals surface area contributed by atoms with Crippen molar-refractivity contribution in [3.8, 4) is 5.75 Å². The molecule has 0 heterocycles. The number of carbonyl (C=O) groups excluding carboxylic acids is 1. The van der Waals surface area contributed by atoms with Crippen molar-refractivity contribution in [3.05, 3.63) is 35.9 Å². The normalized spacial score (nSPS) is 30.2. The molecule has 24 heavy (non-hydrogen) atoms. The lowest BCUT2D eigenvalue weighted by atomic mass is 9.79. The van der Waals surface area contributed by atoms with Crippen LogP contribution in [0.5, 0.6) is 5.75 Å². The third-order valence-electron chi connectivity index (χ3n) is 3.83. The molecular formula is C16H18O8. The van der Waals surface area contributed by atoms with Crippen molar-refractivity contribution in [3.63, 3.8) is 0 Å². The summed E-state index contributed by atoms with van der Waals surface area (Å²) in [6.45, 7) is 0. The monoisotopic (exact) mass is 338 g/mol. The molecule has 1 aliphatic rings. The third-order valence-corrected chi connectivity index (χ3v) is 3.83. The highest BCUT2D eigenvalue weighted by Gasteiger charge is 2.50. The molecule has 0 amide bonds. The zero-order valence-corrected chi connectivity index (χ0v) is 12.6. The van der Waals surface area contributed by atoms with E-state index in [1.54, 1.807) is 12.1 Å². The molecule has 0 aromatic heterocycles. The molecule has 5 N–H and O–H groups in total. The minimum atomic E-state index is -2.27. The predicted molar refractivity (Wildman–Crippen MR) is 80.9 cm³/mol. The van der Waals surface area contributed by atoms with E-state index in [0.717, 1.165) is 6.08 Å². The van der Waals surface area contributed by atoms with Crippen LogP contribution in [-0.4, -0.2) is 61.4 Å². The van der Waals surface area contributed by atoms with Gasteiger partial charge < -0.3 is 30.3 Å². The first kappa shape index (κ1) is 17.9. The Balaban J connectivity index is 2.03. The lowest BCUT2D eigenvalue weighted by Gasteiger charge is -2.39. The number of ether oxygens (including phenoxy) is 1. The van der Waals surface area contributed by atoms with Gasteiger partial charge in [0.25, 0.3) is 0 Å². The first-order valence-electron chi connectivity index (χ1n) is 7.21. The van der Waals surface area contributed by atoms with Crippen LogP contribution in [0.25, 0.3) is 6.08 Å². The summed E-state index contributed by atoms with van der Waals surface area (Å²) < 4.78 is 4.96. The van der Waals surface area contributed by atoms with Gasteiger partial charge in [0, 0.05) is 18.9 Å². The molecule has 0 bridgehead atoms. The standard InChI is InChI=1S/C16H18O8/c17-10-4-1-9(2-5-10)3-6-13(19)24-12-8-16(23,15(21)22)7-11(18)14(12)20/h1-6,11-12,14,17-18,20,23H,7-8H2,(H,21,22)/b6-3+/t11-,12-,14+,16+/m0/s1. The number of carboxylic acids is 1.